The highest BCUT2D eigenvalue weighted by Gasteiger charge is 2.12. The molecule has 0 bridgehead atoms. The second-order valence-corrected chi connectivity index (χ2v) is 5.60. The zero-order chi connectivity index (χ0) is 16.3. The molecule has 6 nitrogen and oxygen atoms in total. The summed E-state index contributed by atoms with van der Waals surface area (Å²) in [5, 5.41) is 6.01. The lowest BCUT2D eigenvalue weighted by Gasteiger charge is -2.27. The minimum atomic E-state index is 0. The molecule has 0 spiro atoms. The molecule has 1 aliphatic heterocycles. The van der Waals surface area contributed by atoms with Gasteiger partial charge in [-0.05, 0) is 11.1 Å². The van der Waals surface area contributed by atoms with E-state index in [1.165, 1.54) is 11.1 Å². The molecule has 1 fully saturated rings. The van der Waals surface area contributed by atoms with Crippen LogP contribution in [0.25, 0.3) is 0 Å². The Morgan fingerprint density at radius 1 is 1.20 bits per heavy atom. The van der Waals surface area contributed by atoms with Gasteiger partial charge in [0.2, 0.25) is 5.91 Å². The third-order valence-corrected chi connectivity index (χ3v) is 3.86. The van der Waals surface area contributed by atoms with Gasteiger partial charge < -0.3 is 20.1 Å². The average Bonchev–Trinajstić information content (AvgIpc) is 2.59. The third kappa shape index (κ3) is 9.39. The number of ether oxygens (including phenoxy) is 2. The largest absolute Gasteiger partial charge is 0.383 e. The van der Waals surface area contributed by atoms with E-state index in [0.717, 1.165) is 32.8 Å². The molecule has 1 heterocycles. The predicted molar refractivity (Wildman–Crippen MR) is 104 cm³/mol. The van der Waals surface area contributed by atoms with E-state index in [2.05, 4.69) is 27.7 Å². The molecule has 25 heavy (non-hydrogen) atoms. The number of hydrogen-bond acceptors (Lipinski definition) is 5. The molecule has 1 amide bonds. The van der Waals surface area contributed by atoms with Crippen molar-refractivity contribution in [2.24, 2.45) is 0 Å². The Hall–Kier alpha value is -0.890. The molecule has 1 aromatic carbocycles. The summed E-state index contributed by atoms with van der Waals surface area (Å²) in [7, 11) is 1.65. The van der Waals surface area contributed by atoms with Gasteiger partial charge in [-0.3, -0.25) is 9.69 Å². The monoisotopic (exact) mass is 393 g/mol. The Bertz CT molecular complexity index is 486. The Kier molecular flexibility index (Phi) is 13.8. The van der Waals surface area contributed by atoms with Crippen LogP contribution in [0, 0.1) is 0 Å². The zero-order valence-corrected chi connectivity index (χ0v) is 16.3. The van der Waals surface area contributed by atoms with Gasteiger partial charge in [-0.1, -0.05) is 24.3 Å². The quantitative estimate of drug-likeness (QED) is 0.617. The molecule has 8 heteroatoms. The van der Waals surface area contributed by atoms with Crippen LogP contribution in [0.15, 0.2) is 24.3 Å². The number of carbonyl (C=O) groups is 1. The maximum atomic E-state index is 11.8. The molecule has 1 aliphatic rings. The van der Waals surface area contributed by atoms with Crippen LogP contribution in [0.4, 0.5) is 0 Å². The topological polar surface area (TPSA) is 62.8 Å². The zero-order valence-electron chi connectivity index (χ0n) is 14.7. The number of hydrogen-bond donors (Lipinski definition) is 2. The molecular weight excluding hydrogens is 365 g/mol. The fourth-order valence-corrected chi connectivity index (χ4v) is 2.52. The molecule has 0 unspecified atom stereocenters. The maximum Gasteiger partial charge on any atom is 0.234 e. The third-order valence-electron chi connectivity index (χ3n) is 3.86. The van der Waals surface area contributed by atoms with Crippen LogP contribution in [-0.2, 0) is 27.4 Å². The Morgan fingerprint density at radius 2 is 1.88 bits per heavy atom. The number of carbonyl (C=O) groups excluding carboxylic acids is 1. The summed E-state index contributed by atoms with van der Waals surface area (Å²) in [6.45, 7) is 6.58. The highest BCUT2D eigenvalue weighted by molar-refractivity contribution is 5.85. The van der Waals surface area contributed by atoms with Gasteiger partial charge in [0.05, 0.1) is 26.4 Å². The first-order valence-electron chi connectivity index (χ1n) is 8.13. The van der Waals surface area contributed by atoms with E-state index in [9.17, 15) is 4.79 Å². The highest BCUT2D eigenvalue weighted by Crippen LogP contribution is 2.12. The van der Waals surface area contributed by atoms with Crippen molar-refractivity contribution < 1.29 is 14.3 Å². The van der Waals surface area contributed by atoms with Gasteiger partial charge in [0.25, 0.3) is 0 Å². The molecule has 0 aliphatic carbocycles. The van der Waals surface area contributed by atoms with Crippen molar-refractivity contribution in [1.29, 1.82) is 0 Å². The molecule has 144 valence electrons. The van der Waals surface area contributed by atoms with Gasteiger partial charge in [-0.15, -0.1) is 24.8 Å². The normalized spacial score (nSPS) is 14.3. The molecule has 0 saturated carbocycles. The summed E-state index contributed by atoms with van der Waals surface area (Å²) in [6.07, 6.45) is 0. The minimum Gasteiger partial charge on any atom is -0.383 e. The number of rotatable bonds is 9. The summed E-state index contributed by atoms with van der Waals surface area (Å²) < 4.78 is 10.3. The number of methoxy groups -OCH3 is 1. The molecule has 1 saturated heterocycles. The van der Waals surface area contributed by atoms with Gasteiger partial charge in [0.1, 0.15) is 0 Å². The smallest absolute Gasteiger partial charge is 0.234 e. The molecule has 0 atom stereocenters. The van der Waals surface area contributed by atoms with Crippen LogP contribution in [0.1, 0.15) is 11.1 Å². The molecule has 2 rings (SSSR count). The molecule has 0 radical (unpaired) electrons. The van der Waals surface area contributed by atoms with Gasteiger partial charge in [0, 0.05) is 39.8 Å². The number of benzene rings is 1. The Labute approximate surface area is 162 Å². The number of halogens is 2. The van der Waals surface area contributed by atoms with Crippen molar-refractivity contribution in [3.8, 4) is 0 Å². The van der Waals surface area contributed by atoms with Crippen molar-refractivity contribution in [3.05, 3.63) is 35.4 Å². The summed E-state index contributed by atoms with van der Waals surface area (Å²) >= 11 is 0. The first kappa shape index (κ1) is 24.1. The lowest BCUT2D eigenvalue weighted by Crippen LogP contribution is -2.37. The molecule has 0 aromatic heterocycles. The number of nitrogens with zero attached hydrogens (tertiary/aromatic N) is 1. The predicted octanol–water partition coefficient (Wildman–Crippen LogP) is 1.21. The van der Waals surface area contributed by atoms with E-state index in [1.54, 1.807) is 7.11 Å². The second-order valence-electron chi connectivity index (χ2n) is 5.60. The van der Waals surface area contributed by atoms with E-state index in [1.807, 2.05) is 12.1 Å². The van der Waals surface area contributed by atoms with E-state index >= 15 is 0 Å². The second kappa shape index (κ2) is 14.3. The molecular formula is C17H29Cl2N3O3. The van der Waals surface area contributed by atoms with Crippen LogP contribution in [0.5, 0.6) is 0 Å². The first-order chi connectivity index (χ1) is 11.3. The van der Waals surface area contributed by atoms with E-state index < -0.39 is 0 Å². The average molecular weight is 394 g/mol. The summed E-state index contributed by atoms with van der Waals surface area (Å²) in [5.74, 6) is 0.00211. The SMILES string of the molecule is COCCNCC(=O)NCc1ccccc1CN1CCOCC1.Cl.Cl. The van der Waals surface area contributed by atoms with Crippen LogP contribution >= 0.6 is 24.8 Å². The van der Waals surface area contributed by atoms with E-state index in [0.29, 0.717) is 26.2 Å². The Morgan fingerprint density at radius 3 is 2.56 bits per heavy atom. The fraction of sp³-hybridized carbons (Fsp3) is 0.588. The fourth-order valence-electron chi connectivity index (χ4n) is 2.52. The molecule has 2 N–H and O–H groups in total. The maximum absolute atomic E-state index is 11.8. The van der Waals surface area contributed by atoms with Crippen molar-refractivity contribution in [1.82, 2.24) is 15.5 Å². The summed E-state index contributed by atoms with van der Waals surface area (Å²) in [6, 6.07) is 8.27. The van der Waals surface area contributed by atoms with Gasteiger partial charge in [-0.25, -0.2) is 0 Å². The van der Waals surface area contributed by atoms with Gasteiger partial charge in [0.15, 0.2) is 0 Å². The van der Waals surface area contributed by atoms with Crippen molar-refractivity contribution in [3.63, 3.8) is 0 Å². The summed E-state index contributed by atoms with van der Waals surface area (Å²) in [4.78, 5) is 14.2. The lowest BCUT2D eigenvalue weighted by molar-refractivity contribution is -0.120. The van der Waals surface area contributed by atoms with Crippen LogP contribution in [0.2, 0.25) is 0 Å². The van der Waals surface area contributed by atoms with Crippen LogP contribution in [-0.4, -0.2) is 63.9 Å². The number of nitrogens with one attached hydrogen (secondary N) is 2. The van der Waals surface area contributed by atoms with Crippen LogP contribution in [0.3, 0.4) is 0 Å². The van der Waals surface area contributed by atoms with E-state index in [4.69, 9.17) is 9.47 Å². The standard InChI is InChI=1S/C17H27N3O3.2ClH/c1-22-9-6-18-13-17(21)19-12-15-4-2-3-5-16(15)14-20-7-10-23-11-8-20;;/h2-5,18H,6-14H2,1H3,(H,19,21);2*1H. The lowest BCUT2D eigenvalue weighted by atomic mass is 10.1. The highest BCUT2D eigenvalue weighted by atomic mass is 35.5. The van der Waals surface area contributed by atoms with Crippen molar-refractivity contribution >= 4 is 30.7 Å². The summed E-state index contributed by atoms with van der Waals surface area (Å²) in [5.41, 5.74) is 2.44. The number of morpholine rings is 1. The van der Waals surface area contributed by atoms with E-state index in [-0.39, 0.29) is 30.7 Å². The molecule has 1 aromatic rings. The van der Waals surface area contributed by atoms with Crippen molar-refractivity contribution in [2.75, 3.05) is 53.1 Å². The van der Waals surface area contributed by atoms with Crippen molar-refractivity contribution in [2.45, 2.75) is 13.1 Å². The van der Waals surface area contributed by atoms with Gasteiger partial charge >= 0.3 is 0 Å². The Balaban J connectivity index is 0.00000288. The number of amides is 1. The minimum absolute atomic E-state index is 0. The van der Waals surface area contributed by atoms with Crippen LogP contribution < -0.4 is 10.6 Å². The first-order valence-corrected chi connectivity index (χ1v) is 8.13. The van der Waals surface area contributed by atoms with Gasteiger partial charge in [-0.2, -0.15) is 0 Å².